The minimum Gasteiger partial charge on any atom is -0.478 e. The van der Waals surface area contributed by atoms with Crippen molar-refractivity contribution in [3.05, 3.63) is 23.4 Å². The maximum Gasteiger partial charge on any atom is 0.337 e. The Kier molecular flexibility index (Phi) is 5.66. The quantitative estimate of drug-likeness (QED) is 0.802. The summed E-state index contributed by atoms with van der Waals surface area (Å²) < 4.78 is 0.209. The molecule has 0 bridgehead atoms. The molecule has 0 amide bonds. The Balaban J connectivity index is 2.78. The highest BCUT2D eigenvalue weighted by Crippen LogP contribution is 2.30. The average Bonchev–Trinajstić information content (AvgIpc) is 2.40. The molecular weight excluding hydrogens is 260 g/mol. The van der Waals surface area contributed by atoms with Gasteiger partial charge in [-0.3, -0.25) is 0 Å². The van der Waals surface area contributed by atoms with Crippen molar-refractivity contribution in [2.45, 2.75) is 38.4 Å². The lowest BCUT2D eigenvalue weighted by atomic mass is 10.0. The molecular formula is C14H22N2O2S. The molecule has 0 aliphatic rings. The van der Waals surface area contributed by atoms with Crippen LogP contribution in [0.2, 0.25) is 0 Å². The van der Waals surface area contributed by atoms with Crippen molar-refractivity contribution in [3.8, 4) is 0 Å². The Labute approximate surface area is 119 Å². The van der Waals surface area contributed by atoms with Crippen LogP contribution in [0.3, 0.4) is 0 Å². The highest BCUT2D eigenvalue weighted by molar-refractivity contribution is 8.00. The predicted octanol–water partition coefficient (Wildman–Crippen LogP) is 3.42. The minimum atomic E-state index is -0.933. The summed E-state index contributed by atoms with van der Waals surface area (Å²) in [5, 5.41) is 12.3. The fourth-order valence-electron chi connectivity index (χ4n) is 2.00. The lowest BCUT2D eigenvalue weighted by Gasteiger charge is -2.30. The summed E-state index contributed by atoms with van der Waals surface area (Å²) in [6.45, 7) is 6.93. The van der Waals surface area contributed by atoms with Gasteiger partial charge in [-0.1, -0.05) is 13.8 Å². The molecule has 106 valence electrons. The van der Waals surface area contributed by atoms with Gasteiger partial charge in [0.2, 0.25) is 0 Å². The van der Waals surface area contributed by atoms with E-state index in [-0.39, 0.29) is 10.3 Å². The Morgan fingerprint density at radius 3 is 2.47 bits per heavy atom. The van der Waals surface area contributed by atoms with Crippen LogP contribution >= 0.6 is 11.8 Å². The van der Waals surface area contributed by atoms with Crippen LogP contribution in [-0.4, -0.2) is 33.6 Å². The zero-order chi connectivity index (χ0) is 14.5. The minimum absolute atomic E-state index is 0.209. The summed E-state index contributed by atoms with van der Waals surface area (Å²) >= 11 is 1.86. The van der Waals surface area contributed by atoms with E-state index in [0.29, 0.717) is 5.69 Å². The molecule has 0 aliphatic carbocycles. The number of nitrogens with one attached hydrogen (secondary N) is 1. The molecule has 1 aromatic rings. The van der Waals surface area contributed by atoms with Gasteiger partial charge in [-0.15, -0.1) is 0 Å². The maximum atomic E-state index is 10.9. The topological polar surface area (TPSA) is 62.2 Å². The lowest BCUT2D eigenvalue weighted by molar-refractivity contribution is 0.0695. The number of nitrogens with zero attached hydrogens (tertiary/aromatic N) is 1. The number of hydrogen-bond acceptors (Lipinski definition) is 4. The van der Waals surface area contributed by atoms with Crippen LogP contribution in [0.1, 0.15) is 42.7 Å². The number of thioether (sulfide) groups is 1. The van der Waals surface area contributed by atoms with E-state index in [1.165, 1.54) is 0 Å². The first-order chi connectivity index (χ1) is 8.98. The Morgan fingerprint density at radius 2 is 2.05 bits per heavy atom. The van der Waals surface area contributed by atoms with Crippen LogP contribution in [-0.2, 0) is 0 Å². The zero-order valence-electron chi connectivity index (χ0n) is 12.0. The third-order valence-corrected chi connectivity index (χ3v) is 5.22. The number of carboxylic acid groups (broad SMARTS) is 1. The molecule has 0 atom stereocenters. The van der Waals surface area contributed by atoms with Gasteiger partial charge in [-0.05, 0) is 38.2 Å². The normalized spacial score (nSPS) is 11.4. The molecule has 0 radical (unpaired) electrons. The van der Waals surface area contributed by atoms with Gasteiger partial charge in [-0.2, -0.15) is 11.8 Å². The first-order valence-corrected chi connectivity index (χ1v) is 7.70. The summed E-state index contributed by atoms with van der Waals surface area (Å²) in [7, 11) is 0. The number of carboxylic acids is 1. The number of aromatic nitrogens is 1. The van der Waals surface area contributed by atoms with Crippen LogP contribution in [0.5, 0.6) is 0 Å². The first-order valence-electron chi connectivity index (χ1n) is 6.48. The van der Waals surface area contributed by atoms with E-state index < -0.39 is 5.97 Å². The van der Waals surface area contributed by atoms with E-state index in [9.17, 15) is 4.79 Å². The van der Waals surface area contributed by atoms with Gasteiger partial charge < -0.3 is 10.4 Å². The molecule has 0 saturated heterocycles. The van der Waals surface area contributed by atoms with Crippen LogP contribution in [0.4, 0.5) is 5.82 Å². The molecule has 1 rings (SSSR count). The van der Waals surface area contributed by atoms with Gasteiger partial charge in [-0.25, -0.2) is 9.78 Å². The molecule has 1 heterocycles. The van der Waals surface area contributed by atoms with Gasteiger partial charge in [0.25, 0.3) is 0 Å². The van der Waals surface area contributed by atoms with Crippen molar-refractivity contribution >= 4 is 23.5 Å². The fraction of sp³-hybridized carbons (Fsp3) is 0.571. The Morgan fingerprint density at radius 1 is 1.42 bits per heavy atom. The molecule has 1 aromatic heterocycles. The molecule has 0 spiro atoms. The lowest BCUT2D eigenvalue weighted by Crippen LogP contribution is -2.32. The summed E-state index contributed by atoms with van der Waals surface area (Å²) in [4.78, 5) is 15.2. The monoisotopic (exact) mass is 282 g/mol. The van der Waals surface area contributed by atoms with Crippen LogP contribution in [0.25, 0.3) is 0 Å². The average molecular weight is 282 g/mol. The van der Waals surface area contributed by atoms with Crippen LogP contribution in [0.15, 0.2) is 12.1 Å². The molecule has 0 aliphatic heterocycles. The van der Waals surface area contributed by atoms with E-state index in [4.69, 9.17) is 5.11 Å². The summed E-state index contributed by atoms with van der Waals surface area (Å²) in [5.41, 5.74) is 0.799. The van der Waals surface area contributed by atoms with Gasteiger partial charge in [0.15, 0.2) is 0 Å². The third kappa shape index (κ3) is 3.86. The van der Waals surface area contributed by atoms with Crippen molar-refractivity contribution in [3.63, 3.8) is 0 Å². The maximum absolute atomic E-state index is 10.9. The third-order valence-electron chi connectivity index (χ3n) is 3.63. The number of pyridine rings is 1. The van der Waals surface area contributed by atoms with Crippen molar-refractivity contribution in [1.29, 1.82) is 0 Å². The van der Waals surface area contributed by atoms with Gasteiger partial charge in [0.1, 0.15) is 5.82 Å². The second-order valence-corrected chi connectivity index (χ2v) is 5.86. The predicted molar refractivity (Wildman–Crippen MR) is 81.3 cm³/mol. The van der Waals surface area contributed by atoms with Crippen molar-refractivity contribution in [2.75, 3.05) is 18.1 Å². The molecule has 19 heavy (non-hydrogen) atoms. The molecule has 5 heteroatoms. The number of rotatable bonds is 7. The first kappa shape index (κ1) is 15.8. The highest BCUT2D eigenvalue weighted by atomic mass is 32.2. The van der Waals surface area contributed by atoms with Gasteiger partial charge >= 0.3 is 5.97 Å². The zero-order valence-corrected chi connectivity index (χ0v) is 12.8. The smallest absolute Gasteiger partial charge is 0.337 e. The molecule has 0 fully saturated rings. The SMILES string of the molecule is CCC(CC)(CNc1ccc(C(=O)O)c(C)n1)SC. The van der Waals surface area contributed by atoms with Crippen molar-refractivity contribution < 1.29 is 9.90 Å². The summed E-state index contributed by atoms with van der Waals surface area (Å²) in [6, 6.07) is 3.33. The van der Waals surface area contributed by atoms with Crippen molar-refractivity contribution in [2.24, 2.45) is 0 Å². The molecule has 0 aromatic carbocycles. The standard InChI is InChI=1S/C14H22N2O2S/c1-5-14(6-2,19-4)9-15-12-8-7-11(13(17)18)10(3)16-12/h7-8H,5-6,9H2,1-4H3,(H,15,16)(H,17,18). The molecule has 2 N–H and O–H groups in total. The van der Waals surface area contributed by atoms with E-state index in [1.54, 1.807) is 19.1 Å². The number of carbonyl (C=O) groups is 1. The molecule has 0 saturated carbocycles. The van der Waals surface area contributed by atoms with E-state index in [2.05, 4.69) is 30.4 Å². The number of aryl methyl sites for hydroxylation is 1. The van der Waals surface area contributed by atoms with Gasteiger partial charge in [0, 0.05) is 11.3 Å². The van der Waals surface area contributed by atoms with Crippen molar-refractivity contribution in [1.82, 2.24) is 4.98 Å². The van der Waals surface area contributed by atoms with E-state index in [0.717, 1.165) is 25.2 Å². The molecule has 0 unspecified atom stereocenters. The number of anilines is 1. The number of hydrogen-bond donors (Lipinski definition) is 2. The van der Waals surface area contributed by atoms with Crippen LogP contribution < -0.4 is 5.32 Å². The van der Waals surface area contributed by atoms with Gasteiger partial charge in [0.05, 0.1) is 11.3 Å². The second-order valence-electron chi connectivity index (χ2n) is 4.58. The van der Waals surface area contributed by atoms with E-state index >= 15 is 0 Å². The van der Waals surface area contributed by atoms with Crippen LogP contribution in [0, 0.1) is 6.92 Å². The van der Waals surface area contributed by atoms with E-state index in [1.807, 2.05) is 11.8 Å². The summed E-state index contributed by atoms with van der Waals surface area (Å²) in [5.74, 6) is -0.194. The Hall–Kier alpha value is -1.23. The second kappa shape index (κ2) is 6.80. The Bertz CT molecular complexity index is 437. The highest BCUT2D eigenvalue weighted by Gasteiger charge is 2.24. The largest absolute Gasteiger partial charge is 0.478 e. The molecule has 4 nitrogen and oxygen atoms in total. The number of aromatic carboxylic acids is 1. The summed E-state index contributed by atoms with van der Waals surface area (Å²) in [6.07, 6.45) is 4.30. The fourth-order valence-corrected chi connectivity index (χ4v) is 2.79.